The molecule has 1 saturated heterocycles. The Morgan fingerprint density at radius 2 is 1.70 bits per heavy atom. The zero-order valence-corrected chi connectivity index (χ0v) is 16.5. The van der Waals surface area contributed by atoms with E-state index in [1.54, 1.807) is 4.31 Å². The van der Waals surface area contributed by atoms with Crippen LogP contribution in [-0.4, -0.2) is 50.4 Å². The van der Waals surface area contributed by atoms with Crippen LogP contribution in [-0.2, 0) is 15.8 Å². The summed E-state index contributed by atoms with van der Waals surface area (Å²) in [6.45, 7) is 5.33. The molecular weight excluding hydrogens is 360 g/mol. The van der Waals surface area contributed by atoms with Gasteiger partial charge < -0.3 is 4.74 Å². The summed E-state index contributed by atoms with van der Waals surface area (Å²) in [7, 11) is -3.28. The number of sulfonamides is 1. The van der Waals surface area contributed by atoms with E-state index in [1.165, 1.54) is 5.56 Å². The zero-order chi connectivity index (χ0) is 18.9. The number of hydrogen-bond donors (Lipinski definition) is 0. The fraction of sp³-hybridized carbons (Fsp3) is 0.429. The average molecular weight is 387 g/mol. The van der Waals surface area contributed by atoms with Crippen molar-refractivity contribution in [3.63, 3.8) is 0 Å². The maximum Gasteiger partial charge on any atom is 0.218 e. The molecule has 2 heterocycles. The van der Waals surface area contributed by atoms with Gasteiger partial charge in [-0.25, -0.2) is 8.42 Å². The van der Waals surface area contributed by atoms with E-state index in [4.69, 9.17) is 4.74 Å². The van der Waals surface area contributed by atoms with Crippen LogP contribution >= 0.6 is 0 Å². The molecule has 1 fully saturated rings. The topological polar surface area (TPSA) is 49.9 Å². The lowest BCUT2D eigenvalue weighted by atomic mass is 9.98. The Morgan fingerprint density at radius 1 is 1.00 bits per heavy atom. The van der Waals surface area contributed by atoms with Crippen molar-refractivity contribution in [1.29, 1.82) is 0 Å². The van der Waals surface area contributed by atoms with E-state index in [0.29, 0.717) is 25.7 Å². The molecule has 2 aromatic rings. The summed E-state index contributed by atoms with van der Waals surface area (Å²) in [6.07, 6.45) is 0.952. The standard InChI is InChI=1S/C21H26N2O3S/c1-17-6-8-18(9-7-17)16-27(24,25)23-13-11-22(12-14-23)20-10-15-26-21-5-3-2-4-19(20)21/h2-9,20H,10-16H2,1H3. The lowest BCUT2D eigenvalue weighted by molar-refractivity contribution is 0.103. The minimum absolute atomic E-state index is 0.0768. The van der Waals surface area contributed by atoms with Gasteiger partial charge in [-0.1, -0.05) is 48.0 Å². The summed E-state index contributed by atoms with van der Waals surface area (Å²) in [6, 6.07) is 16.2. The Kier molecular flexibility index (Phi) is 5.21. The molecule has 0 amide bonds. The summed E-state index contributed by atoms with van der Waals surface area (Å²) in [5, 5.41) is 0. The lowest BCUT2D eigenvalue weighted by Gasteiger charge is -2.40. The van der Waals surface area contributed by atoms with Gasteiger partial charge in [0.2, 0.25) is 10.0 Å². The number of piperazine rings is 1. The van der Waals surface area contributed by atoms with Crippen molar-refractivity contribution < 1.29 is 13.2 Å². The molecule has 6 heteroatoms. The molecule has 0 aromatic heterocycles. The molecule has 2 aliphatic heterocycles. The van der Waals surface area contributed by atoms with Crippen LogP contribution in [0.2, 0.25) is 0 Å². The first-order valence-electron chi connectivity index (χ1n) is 9.52. The monoisotopic (exact) mass is 386 g/mol. The van der Waals surface area contributed by atoms with E-state index >= 15 is 0 Å². The Balaban J connectivity index is 1.41. The number of nitrogens with zero attached hydrogens (tertiary/aromatic N) is 2. The Labute approximate surface area is 161 Å². The van der Waals surface area contributed by atoms with E-state index in [-0.39, 0.29) is 5.75 Å². The number of ether oxygens (including phenoxy) is 1. The van der Waals surface area contributed by atoms with Gasteiger partial charge in [-0.15, -0.1) is 0 Å². The van der Waals surface area contributed by atoms with E-state index in [9.17, 15) is 8.42 Å². The molecule has 0 aliphatic carbocycles. The molecule has 1 unspecified atom stereocenters. The molecule has 4 rings (SSSR count). The third-order valence-electron chi connectivity index (χ3n) is 5.50. The summed E-state index contributed by atoms with van der Waals surface area (Å²) >= 11 is 0. The van der Waals surface area contributed by atoms with Crippen molar-refractivity contribution in [1.82, 2.24) is 9.21 Å². The Morgan fingerprint density at radius 3 is 2.44 bits per heavy atom. The van der Waals surface area contributed by atoms with Crippen molar-refractivity contribution >= 4 is 10.0 Å². The van der Waals surface area contributed by atoms with Gasteiger partial charge in [0.15, 0.2) is 0 Å². The molecule has 27 heavy (non-hydrogen) atoms. The fourth-order valence-electron chi connectivity index (χ4n) is 3.98. The van der Waals surface area contributed by atoms with Crippen LogP contribution in [0.15, 0.2) is 48.5 Å². The fourth-order valence-corrected chi connectivity index (χ4v) is 5.50. The highest BCUT2D eigenvalue weighted by molar-refractivity contribution is 7.88. The molecule has 144 valence electrons. The summed E-state index contributed by atoms with van der Waals surface area (Å²) in [5.41, 5.74) is 3.21. The summed E-state index contributed by atoms with van der Waals surface area (Å²) < 4.78 is 33.0. The number of aryl methyl sites for hydroxylation is 1. The lowest BCUT2D eigenvalue weighted by Crippen LogP contribution is -2.50. The molecule has 0 spiro atoms. The molecule has 5 nitrogen and oxygen atoms in total. The molecule has 0 radical (unpaired) electrons. The van der Waals surface area contributed by atoms with Crippen LogP contribution in [0, 0.1) is 6.92 Å². The van der Waals surface area contributed by atoms with E-state index in [1.807, 2.05) is 49.4 Å². The predicted molar refractivity (Wildman–Crippen MR) is 106 cm³/mol. The van der Waals surface area contributed by atoms with Gasteiger partial charge in [0.25, 0.3) is 0 Å². The largest absolute Gasteiger partial charge is 0.493 e. The third-order valence-corrected chi connectivity index (χ3v) is 7.35. The van der Waals surface area contributed by atoms with Crippen molar-refractivity contribution in [3.05, 3.63) is 65.2 Å². The SMILES string of the molecule is Cc1ccc(CS(=O)(=O)N2CCN(C3CCOc4ccccc43)CC2)cc1. The quantitative estimate of drug-likeness (QED) is 0.811. The van der Waals surface area contributed by atoms with Crippen LogP contribution in [0.4, 0.5) is 0 Å². The number of rotatable bonds is 4. The minimum atomic E-state index is -3.28. The van der Waals surface area contributed by atoms with Gasteiger partial charge in [0, 0.05) is 44.2 Å². The number of para-hydroxylation sites is 1. The van der Waals surface area contributed by atoms with Crippen LogP contribution in [0.1, 0.15) is 29.2 Å². The van der Waals surface area contributed by atoms with Crippen molar-refractivity contribution in [2.45, 2.75) is 25.1 Å². The Hall–Kier alpha value is -1.89. The molecule has 0 saturated carbocycles. The molecule has 2 aliphatic rings. The van der Waals surface area contributed by atoms with Crippen molar-refractivity contribution in [3.8, 4) is 5.75 Å². The minimum Gasteiger partial charge on any atom is -0.493 e. The van der Waals surface area contributed by atoms with Crippen LogP contribution < -0.4 is 4.74 Å². The van der Waals surface area contributed by atoms with Gasteiger partial charge in [-0.05, 0) is 18.6 Å². The highest BCUT2D eigenvalue weighted by atomic mass is 32.2. The summed E-state index contributed by atoms with van der Waals surface area (Å²) in [5.74, 6) is 1.04. The van der Waals surface area contributed by atoms with Gasteiger partial charge >= 0.3 is 0 Å². The molecule has 0 N–H and O–H groups in total. The van der Waals surface area contributed by atoms with E-state index in [2.05, 4.69) is 11.0 Å². The van der Waals surface area contributed by atoms with E-state index in [0.717, 1.165) is 36.4 Å². The highest BCUT2D eigenvalue weighted by Gasteiger charge is 2.32. The molecular formula is C21H26N2O3S. The first-order valence-corrected chi connectivity index (χ1v) is 11.1. The van der Waals surface area contributed by atoms with Crippen molar-refractivity contribution in [2.75, 3.05) is 32.8 Å². The first-order chi connectivity index (χ1) is 13.0. The van der Waals surface area contributed by atoms with Gasteiger partial charge in [0.05, 0.1) is 12.4 Å². The first kappa shape index (κ1) is 18.5. The molecule has 2 aromatic carbocycles. The third kappa shape index (κ3) is 4.03. The maximum absolute atomic E-state index is 12.8. The second-order valence-electron chi connectivity index (χ2n) is 7.37. The molecule has 1 atom stereocenters. The van der Waals surface area contributed by atoms with Gasteiger partial charge in [-0.2, -0.15) is 4.31 Å². The Bertz CT molecular complexity index is 888. The van der Waals surface area contributed by atoms with Gasteiger partial charge in [-0.3, -0.25) is 4.90 Å². The highest BCUT2D eigenvalue weighted by Crippen LogP contribution is 2.36. The second kappa shape index (κ2) is 7.62. The second-order valence-corrected chi connectivity index (χ2v) is 9.34. The maximum atomic E-state index is 12.8. The molecule has 0 bridgehead atoms. The normalized spacial score (nSPS) is 21.4. The van der Waals surface area contributed by atoms with Crippen LogP contribution in [0.5, 0.6) is 5.75 Å². The zero-order valence-electron chi connectivity index (χ0n) is 15.7. The number of benzene rings is 2. The smallest absolute Gasteiger partial charge is 0.218 e. The summed E-state index contributed by atoms with van der Waals surface area (Å²) in [4.78, 5) is 2.40. The van der Waals surface area contributed by atoms with Crippen LogP contribution in [0.25, 0.3) is 0 Å². The number of fused-ring (bicyclic) bond motifs is 1. The van der Waals surface area contributed by atoms with E-state index < -0.39 is 10.0 Å². The van der Waals surface area contributed by atoms with Gasteiger partial charge in [0.1, 0.15) is 5.75 Å². The average Bonchev–Trinajstić information content (AvgIpc) is 2.69. The van der Waals surface area contributed by atoms with Crippen molar-refractivity contribution in [2.24, 2.45) is 0 Å². The predicted octanol–water partition coefficient (Wildman–Crippen LogP) is 2.97. The van der Waals surface area contributed by atoms with Crippen LogP contribution in [0.3, 0.4) is 0 Å². The number of hydrogen-bond acceptors (Lipinski definition) is 4.